The molecule has 0 bridgehead atoms. The fraction of sp³-hybridized carbons (Fsp3) is 0.308. The highest BCUT2D eigenvalue weighted by atomic mass is 35.5. The average molecular weight is 497 g/mol. The molecule has 4 rings (SSSR count). The smallest absolute Gasteiger partial charge is 0.410 e. The Bertz CT molecular complexity index is 1150. The second kappa shape index (κ2) is 11.8. The minimum Gasteiger partial charge on any atom is -0.492 e. The molecule has 0 radical (unpaired) electrons. The maximum atomic E-state index is 12.9. The number of anilines is 1. The molecular formula is C26H29ClN4O4. The van der Waals surface area contributed by atoms with E-state index < -0.39 is 0 Å². The molecule has 2 aromatic carbocycles. The Morgan fingerprint density at radius 1 is 1.17 bits per heavy atom. The predicted molar refractivity (Wildman–Crippen MR) is 135 cm³/mol. The van der Waals surface area contributed by atoms with Gasteiger partial charge in [-0.3, -0.25) is 9.58 Å². The molecule has 0 fully saturated rings. The lowest BCUT2D eigenvalue weighted by molar-refractivity contribution is 0.0652. The van der Waals surface area contributed by atoms with Gasteiger partial charge in [-0.2, -0.15) is 5.10 Å². The van der Waals surface area contributed by atoms with Gasteiger partial charge in [0.1, 0.15) is 19.0 Å². The van der Waals surface area contributed by atoms with Crippen molar-refractivity contribution in [3.8, 4) is 5.75 Å². The van der Waals surface area contributed by atoms with Gasteiger partial charge in [0.2, 0.25) is 0 Å². The first-order chi connectivity index (χ1) is 17.0. The number of nitrogen functional groups attached to an aromatic ring is 1. The molecular weight excluding hydrogens is 468 g/mol. The minimum absolute atomic E-state index is 0.194. The topological polar surface area (TPSA) is 91.8 Å². The largest absolute Gasteiger partial charge is 0.492 e. The third kappa shape index (κ3) is 6.35. The summed E-state index contributed by atoms with van der Waals surface area (Å²) >= 11 is 6.23. The van der Waals surface area contributed by atoms with Crippen LogP contribution < -0.4 is 10.5 Å². The van der Waals surface area contributed by atoms with Crippen LogP contribution in [0.2, 0.25) is 5.02 Å². The van der Waals surface area contributed by atoms with Crippen LogP contribution in [0.25, 0.3) is 5.57 Å². The summed E-state index contributed by atoms with van der Waals surface area (Å²) in [6, 6.07) is 14.7. The zero-order valence-corrected chi connectivity index (χ0v) is 20.4. The average Bonchev–Trinajstić information content (AvgIpc) is 3.39. The molecule has 8 nitrogen and oxygen atoms in total. The number of carbonyl (C=O) groups is 1. The van der Waals surface area contributed by atoms with E-state index in [1.165, 1.54) is 0 Å². The second-order valence-electron chi connectivity index (χ2n) is 8.11. The van der Waals surface area contributed by atoms with Crippen LogP contribution in [0.5, 0.6) is 5.75 Å². The van der Waals surface area contributed by atoms with Crippen molar-refractivity contribution in [2.75, 3.05) is 39.2 Å². The molecule has 35 heavy (non-hydrogen) atoms. The Kier molecular flexibility index (Phi) is 8.28. The molecule has 1 atom stereocenters. The lowest BCUT2D eigenvalue weighted by atomic mass is 9.91. The van der Waals surface area contributed by atoms with Crippen molar-refractivity contribution in [1.82, 2.24) is 14.7 Å². The number of hydrogen-bond acceptors (Lipinski definition) is 6. The van der Waals surface area contributed by atoms with Crippen molar-refractivity contribution in [3.63, 3.8) is 0 Å². The molecule has 2 heterocycles. The minimum atomic E-state index is -0.388. The first-order valence-corrected chi connectivity index (χ1v) is 11.8. The number of nitrogens with two attached hydrogens (primary N) is 1. The lowest BCUT2D eigenvalue weighted by Crippen LogP contribution is -2.38. The first kappa shape index (κ1) is 24.6. The third-order valence-corrected chi connectivity index (χ3v) is 6.03. The summed E-state index contributed by atoms with van der Waals surface area (Å²) in [6.45, 7) is 2.18. The second-order valence-corrected chi connectivity index (χ2v) is 8.54. The van der Waals surface area contributed by atoms with E-state index in [4.69, 9.17) is 31.5 Å². The summed E-state index contributed by atoms with van der Waals surface area (Å²) < 4.78 is 18.1. The van der Waals surface area contributed by atoms with E-state index in [-0.39, 0.29) is 18.7 Å². The number of halogens is 1. The van der Waals surface area contributed by atoms with Gasteiger partial charge in [-0.05, 0) is 54.0 Å². The van der Waals surface area contributed by atoms with Crippen molar-refractivity contribution in [3.05, 3.63) is 83.2 Å². The molecule has 1 aliphatic heterocycles. The van der Waals surface area contributed by atoms with E-state index in [9.17, 15) is 4.79 Å². The number of hydrogen-bond donors (Lipinski definition) is 1. The summed E-state index contributed by atoms with van der Waals surface area (Å²) in [6.07, 6.45) is 5.93. The fourth-order valence-electron chi connectivity index (χ4n) is 4.00. The number of aromatic nitrogens is 2. The molecule has 1 aromatic heterocycles. The van der Waals surface area contributed by atoms with Gasteiger partial charge in [0.25, 0.3) is 0 Å². The standard InChI is InChI=1S/C26H29ClN4O4/c1-33-15-16-35-26(32)31-12-9-20(23-18-21(27)5-8-24(23)28)17-25(31)19-3-6-22(7-4-19)34-14-13-30-11-2-10-29-30/h2-8,10-11,17-18,25H,9,12-16,28H2,1H3. The van der Waals surface area contributed by atoms with E-state index in [0.717, 1.165) is 22.4 Å². The zero-order valence-electron chi connectivity index (χ0n) is 19.6. The SMILES string of the molecule is COCCOC(=O)N1CCC(c2cc(Cl)ccc2N)=CC1c1ccc(OCCn2cccn2)cc1. The van der Waals surface area contributed by atoms with Crippen LogP contribution >= 0.6 is 11.6 Å². The Morgan fingerprint density at radius 2 is 2.00 bits per heavy atom. The highest BCUT2D eigenvalue weighted by molar-refractivity contribution is 6.30. The van der Waals surface area contributed by atoms with Crippen molar-refractivity contribution < 1.29 is 19.0 Å². The van der Waals surface area contributed by atoms with Crippen LogP contribution in [-0.2, 0) is 16.0 Å². The van der Waals surface area contributed by atoms with Gasteiger partial charge in [-0.1, -0.05) is 29.8 Å². The van der Waals surface area contributed by atoms with Gasteiger partial charge in [0.15, 0.2) is 0 Å². The van der Waals surface area contributed by atoms with Crippen LogP contribution in [0.4, 0.5) is 10.5 Å². The van der Waals surface area contributed by atoms with Gasteiger partial charge in [-0.25, -0.2) is 4.79 Å². The summed E-state index contributed by atoms with van der Waals surface area (Å²) in [5.41, 5.74) is 9.75. The molecule has 0 saturated heterocycles. The van der Waals surface area contributed by atoms with E-state index >= 15 is 0 Å². The summed E-state index contributed by atoms with van der Waals surface area (Å²) in [7, 11) is 1.57. The number of benzene rings is 2. The zero-order chi connectivity index (χ0) is 24.6. The Hall–Kier alpha value is -3.49. The maximum absolute atomic E-state index is 12.9. The maximum Gasteiger partial charge on any atom is 0.410 e. The quantitative estimate of drug-likeness (QED) is 0.337. The van der Waals surface area contributed by atoms with Gasteiger partial charge in [0, 0.05) is 42.3 Å². The number of carbonyl (C=O) groups excluding carboxylic acids is 1. The molecule has 0 aliphatic carbocycles. The summed E-state index contributed by atoms with van der Waals surface area (Å²) in [5.74, 6) is 0.745. The van der Waals surface area contributed by atoms with Crippen LogP contribution in [0, 0.1) is 0 Å². The van der Waals surface area contributed by atoms with E-state index in [2.05, 4.69) is 11.2 Å². The molecule has 0 spiro atoms. The molecule has 0 saturated carbocycles. The highest BCUT2D eigenvalue weighted by Crippen LogP contribution is 2.37. The van der Waals surface area contributed by atoms with Gasteiger partial charge >= 0.3 is 6.09 Å². The predicted octanol–water partition coefficient (Wildman–Crippen LogP) is 4.81. The van der Waals surface area contributed by atoms with Crippen LogP contribution in [0.1, 0.15) is 23.6 Å². The highest BCUT2D eigenvalue weighted by Gasteiger charge is 2.29. The van der Waals surface area contributed by atoms with Gasteiger partial charge in [0.05, 0.1) is 19.2 Å². The van der Waals surface area contributed by atoms with Crippen LogP contribution in [0.15, 0.2) is 67.0 Å². The molecule has 2 N–H and O–H groups in total. The number of nitrogens with zero attached hydrogens (tertiary/aromatic N) is 3. The van der Waals surface area contributed by atoms with E-state index in [1.54, 1.807) is 30.3 Å². The third-order valence-electron chi connectivity index (χ3n) is 5.80. The van der Waals surface area contributed by atoms with Crippen molar-refractivity contribution in [2.24, 2.45) is 0 Å². The Morgan fingerprint density at radius 3 is 2.74 bits per heavy atom. The van der Waals surface area contributed by atoms with Crippen molar-refractivity contribution in [1.29, 1.82) is 0 Å². The van der Waals surface area contributed by atoms with E-state index in [1.807, 2.05) is 47.3 Å². The van der Waals surface area contributed by atoms with Crippen LogP contribution in [0.3, 0.4) is 0 Å². The molecule has 1 aliphatic rings. The number of ether oxygens (including phenoxy) is 3. The van der Waals surface area contributed by atoms with Crippen molar-refractivity contribution >= 4 is 29.0 Å². The Labute approximate surface area is 209 Å². The van der Waals surface area contributed by atoms with Crippen LogP contribution in [-0.4, -0.2) is 54.2 Å². The molecule has 1 amide bonds. The van der Waals surface area contributed by atoms with Gasteiger partial charge < -0.3 is 19.9 Å². The summed E-state index contributed by atoms with van der Waals surface area (Å²) in [5, 5.41) is 4.79. The normalized spacial score (nSPS) is 15.5. The lowest BCUT2D eigenvalue weighted by Gasteiger charge is -2.34. The molecule has 3 aromatic rings. The molecule has 184 valence electrons. The first-order valence-electron chi connectivity index (χ1n) is 11.4. The number of rotatable bonds is 9. The Balaban J connectivity index is 1.54. The number of methoxy groups -OCH3 is 1. The van der Waals surface area contributed by atoms with Gasteiger partial charge in [-0.15, -0.1) is 0 Å². The molecule has 9 heteroatoms. The summed E-state index contributed by atoms with van der Waals surface area (Å²) in [4.78, 5) is 14.6. The molecule has 1 unspecified atom stereocenters. The number of amides is 1. The van der Waals surface area contributed by atoms with E-state index in [0.29, 0.717) is 43.4 Å². The van der Waals surface area contributed by atoms with Crippen molar-refractivity contribution in [2.45, 2.75) is 19.0 Å². The fourth-order valence-corrected chi connectivity index (χ4v) is 4.17. The monoisotopic (exact) mass is 496 g/mol.